The second-order valence-corrected chi connectivity index (χ2v) is 12.9. The normalized spacial score (nSPS) is 15.1. The van der Waals surface area contributed by atoms with Gasteiger partial charge in [0.05, 0.1) is 5.56 Å². The molecule has 42 heavy (non-hydrogen) atoms. The van der Waals surface area contributed by atoms with E-state index >= 15 is 0 Å². The summed E-state index contributed by atoms with van der Waals surface area (Å²) in [6, 6.07) is 20.1. The standard InChI is InChI=1S/C36H43N3O3/c1-22-24(3)39(32-15-14-28(20-30(22)32)34(40)38-23(2)26-16-18-37-19-17-26)21-25-10-12-27(13-11-25)29-8-7-9-31(36(4,5)6)33(29)35(41)42/h7-15,20,23,26,37H,16-19,21H2,1-6H3,(H,38,40)(H,41,42)/t23-/m0/s1. The Kier molecular flexibility index (Phi) is 8.29. The van der Waals surface area contributed by atoms with Crippen LogP contribution >= 0.6 is 0 Å². The Morgan fingerprint density at radius 3 is 2.36 bits per heavy atom. The molecule has 220 valence electrons. The van der Waals surface area contributed by atoms with Gasteiger partial charge in [0.25, 0.3) is 5.91 Å². The zero-order chi connectivity index (χ0) is 30.2. The number of nitrogens with zero attached hydrogens (tertiary/aromatic N) is 1. The highest BCUT2D eigenvalue weighted by atomic mass is 16.4. The molecule has 0 saturated carbocycles. The number of carbonyl (C=O) groups is 2. The molecule has 1 atom stereocenters. The van der Waals surface area contributed by atoms with Crippen LogP contribution in [0.15, 0.2) is 60.7 Å². The van der Waals surface area contributed by atoms with Gasteiger partial charge in [0, 0.05) is 34.7 Å². The van der Waals surface area contributed by atoms with E-state index in [4.69, 9.17) is 0 Å². The number of aryl methyl sites for hydroxylation is 1. The molecule has 0 spiro atoms. The predicted octanol–water partition coefficient (Wildman–Crippen LogP) is 7.09. The molecule has 4 aromatic rings. The summed E-state index contributed by atoms with van der Waals surface area (Å²) in [5.41, 5.74) is 7.81. The van der Waals surface area contributed by atoms with Crippen LogP contribution in [0.1, 0.15) is 83.6 Å². The first kappa shape index (κ1) is 29.6. The third-order valence-electron chi connectivity index (χ3n) is 9.04. The number of carboxylic acids is 1. The van der Waals surface area contributed by atoms with Gasteiger partial charge >= 0.3 is 5.97 Å². The molecule has 0 bridgehead atoms. The number of fused-ring (bicyclic) bond motifs is 1. The van der Waals surface area contributed by atoms with Crippen LogP contribution in [0.25, 0.3) is 22.0 Å². The number of aromatic carboxylic acids is 1. The Balaban J connectivity index is 1.39. The molecule has 0 radical (unpaired) electrons. The number of carbonyl (C=O) groups excluding carboxylic acids is 1. The molecule has 1 aromatic heterocycles. The topological polar surface area (TPSA) is 83.4 Å². The van der Waals surface area contributed by atoms with Crippen LogP contribution < -0.4 is 10.6 Å². The van der Waals surface area contributed by atoms with Crippen molar-refractivity contribution in [1.82, 2.24) is 15.2 Å². The van der Waals surface area contributed by atoms with Crippen molar-refractivity contribution in [3.8, 4) is 11.1 Å². The lowest BCUT2D eigenvalue weighted by Crippen LogP contribution is -2.42. The Hall–Kier alpha value is -3.90. The zero-order valence-electron chi connectivity index (χ0n) is 25.7. The van der Waals surface area contributed by atoms with Gasteiger partial charge in [-0.3, -0.25) is 4.79 Å². The number of hydrogen-bond acceptors (Lipinski definition) is 3. The van der Waals surface area contributed by atoms with Crippen molar-refractivity contribution < 1.29 is 14.7 Å². The van der Waals surface area contributed by atoms with Crippen molar-refractivity contribution in [3.05, 3.63) is 94.2 Å². The molecule has 1 saturated heterocycles. The fraction of sp³-hybridized carbons (Fsp3) is 0.389. The van der Waals surface area contributed by atoms with E-state index in [2.05, 4.69) is 54.2 Å². The molecule has 1 fully saturated rings. The van der Waals surface area contributed by atoms with Gasteiger partial charge in [0.1, 0.15) is 0 Å². The molecule has 1 amide bonds. The van der Waals surface area contributed by atoms with Crippen LogP contribution in [0.2, 0.25) is 0 Å². The molecule has 3 N–H and O–H groups in total. The second-order valence-electron chi connectivity index (χ2n) is 12.9. The minimum atomic E-state index is -0.904. The summed E-state index contributed by atoms with van der Waals surface area (Å²) in [7, 11) is 0. The Labute approximate surface area is 249 Å². The molecular weight excluding hydrogens is 522 g/mol. The predicted molar refractivity (Wildman–Crippen MR) is 171 cm³/mol. The van der Waals surface area contributed by atoms with Crippen molar-refractivity contribution in [2.24, 2.45) is 5.92 Å². The minimum Gasteiger partial charge on any atom is -0.478 e. The lowest BCUT2D eigenvalue weighted by atomic mass is 9.81. The van der Waals surface area contributed by atoms with Crippen LogP contribution in [0.3, 0.4) is 0 Å². The largest absolute Gasteiger partial charge is 0.478 e. The molecule has 6 heteroatoms. The molecular formula is C36H43N3O3. The average Bonchev–Trinajstić information content (AvgIpc) is 3.21. The molecule has 1 aliphatic heterocycles. The van der Waals surface area contributed by atoms with Gasteiger partial charge in [0.2, 0.25) is 0 Å². The molecule has 5 rings (SSSR count). The van der Waals surface area contributed by atoms with Crippen molar-refractivity contribution in [2.75, 3.05) is 13.1 Å². The summed E-state index contributed by atoms with van der Waals surface area (Å²) in [6.45, 7) is 15.2. The summed E-state index contributed by atoms with van der Waals surface area (Å²) in [5.74, 6) is -0.411. The highest BCUT2D eigenvalue weighted by molar-refractivity contribution is 6.00. The summed E-state index contributed by atoms with van der Waals surface area (Å²) in [6.07, 6.45) is 2.18. The number of rotatable bonds is 7. The molecule has 1 aliphatic rings. The van der Waals surface area contributed by atoms with E-state index in [1.807, 2.05) is 63.2 Å². The van der Waals surface area contributed by atoms with Gasteiger partial charge < -0.3 is 20.3 Å². The van der Waals surface area contributed by atoms with Crippen LogP contribution in [-0.4, -0.2) is 40.7 Å². The van der Waals surface area contributed by atoms with Gasteiger partial charge in [-0.2, -0.15) is 0 Å². The SMILES string of the molecule is Cc1c(C)n(Cc2ccc(-c3cccc(C(C)(C)C)c3C(=O)O)cc2)c2ccc(C(=O)N[C@@H](C)C3CCNCC3)cc12. The highest BCUT2D eigenvalue weighted by Gasteiger charge is 2.25. The fourth-order valence-corrected chi connectivity index (χ4v) is 6.37. The number of carboxylic acid groups (broad SMARTS) is 1. The maximum Gasteiger partial charge on any atom is 0.336 e. The van der Waals surface area contributed by atoms with E-state index in [-0.39, 0.29) is 17.4 Å². The molecule has 0 aliphatic carbocycles. The Morgan fingerprint density at radius 2 is 1.71 bits per heavy atom. The lowest BCUT2D eigenvalue weighted by molar-refractivity contribution is 0.0694. The third-order valence-corrected chi connectivity index (χ3v) is 9.04. The fourth-order valence-electron chi connectivity index (χ4n) is 6.37. The van der Waals surface area contributed by atoms with Crippen LogP contribution in [0.5, 0.6) is 0 Å². The van der Waals surface area contributed by atoms with Gasteiger partial charge in [-0.25, -0.2) is 4.79 Å². The minimum absolute atomic E-state index is 0.0143. The van der Waals surface area contributed by atoms with E-state index in [0.29, 0.717) is 23.6 Å². The first-order valence-corrected chi connectivity index (χ1v) is 15.0. The smallest absolute Gasteiger partial charge is 0.336 e. The molecule has 2 heterocycles. The maximum atomic E-state index is 13.2. The van der Waals surface area contributed by atoms with Gasteiger partial charge in [-0.05, 0) is 104 Å². The van der Waals surface area contributed by atoms with E-state index in [0.717, 1.165) is 59.1 Å². The van der Waals surface area contributed by atoms with Crippen LogP contribution in [0.4, 0.5) is 0 Å². The van der Waals surface area contributed by atoms with Gasteiger partial charge in [-0.1, -0.05) is 63.2 Å². The van der Waals surface area contributed by atoms with E-state index in [9.17, 15) is 14.7 Å². The van der Waals surface area contributed by atoms with Crippen molar-refractivity contribution in [2.45, 2.75) is 72.4 Å². The summed E-state index contributed by atoms with van der Waals surface area (Å²) in [5, 5.41) is 17.8. The Morgan fingerprint density at radius 1 is 1.02 bits per heavy atom. The van der Waals surface area contributed by atoms with Gasteiger partial charge in [0.15, 0.2) is 0 Å². The van der Waals surface area contributed by atoms with Crippen molar-refractivity contribution >= 4 is 22.8 Å². The molecule has 0 unspecified atom stereocenters. The van der Waals surface area contributed by atoms with E-state index in [1.54, 1.807) is 0 Å². The first-order valence-electron chi connectivity index (χ1n) is 15.0. The number of aromatic nitrogens is 1. The zero-order valence-corrected chi connectivity index (χ0v) is 25.7. The maximum absolute atomic E-state index is 13.2. The Bertz CT molecular complexity index is 1620. The van der Waals surface area contributed by atoms with Crippen LogP contribution in [-0.2, 0) is 12.0 Å². The number of amides is 1. The van der Waals surface area contributed by atoms with E-state index < -0.39 is 5.97 Å². The number of piperidine rings is 1. The monoisotopic (exact) mass is 565 g/mol. The summed E-state index contributed by atoms with van der Waals surface area (Å²) < 4.78 is 2.29. The van der Waals surface area contributed by atoms with Crippen LogP contribution in [0, 0.1) is 19.8 Å². The van der Waals surface area contributed by atoms with Crippen molar-refractivity contribution in [3.63, 3.8) is 0 Å². The number of hydrogen-bond donors (Lipinski definition) is 3. The summed E-state index contributed by atoms with van der Waals surface area (Å²) in [4.78, 5) is 25.5. The lowest BCUT2D eigenvalue weighted by Gasteiger charge is -2.28. The number of benzene rings is 3. The highest BCUT2D eigenvalue weighted by Crippen LogP contribution is 2.34. The van der Waals surface area contributed by atoms with E-state index in [1.165, 1.54) is 11.3 Å². The quantitative estimate of drug-likeness (QED) is 0.223. The average molecular weight is 566 g/mol. The third kappa shape index (κ3) is 5.86. The molecule has 3 aromatic carbocycles. The summed E-state index contributed by atoms with van der Waals surface area (Å²) >= 11 is 0. The second kappa shape index (κ2) is 11.8. The first-order chi connectivity index (χ1) is 20.0. The van der Waals surface area contributed by atoms with Gasteiger partial charge in [-0.15, -0.1) is 0 Å². The number of nitrogens with one attached hydrogen (secondary N) is 2. The van der Waals surface area contributed by atoms with Crippen molar-refractivity contribution in [1.29, 1.82) is 0 Å². The molecule has 6 nitrogen and oxygen atoms in total.